The normalized spacial score (nSPS) is 10.9. The predicted molar refractivity (Wildman–Crippen MR) is 90.3 cm³/mol. The van der Waals surface area contributed by atoms with E-state index in [1.807, 2.05) is 6.07 Å². The fourth-order valence-electron chi connectivity index (χ4n) is 1.86. The largest absolute Gasteiger partial charge is 0.320 e. The van der Waals surface area contributed by atoms with Gasteiger partial charge in [-0.2, -0.15) is 0 Å². The highest BCUT2D eigenvalue weighted by Gasteiger charge is 2.13. The lowest BCUT2D eigenvalue weighted by atomic mass is 10.3. The Morgan fingerprint density at radius 3 is 2.74 bits per heavy atom. The molecule has 0 fully saturated rings. The molecule has 1 N–H and O–H groups in total. The number of halogens is 3. The maximum absolute atomic E-state index is 13.5. The molecule has 1 aromatic heterocycles. The van der Waals surface area contributed by atoms with Gasteiger partial charge in [0.2, 0.25) is 5.91 Å². The number of aromatic nitrogens is 1. The number of nitrogens with one attached hydrogen (secondary N) is 1. The number of benzene rings is 2. The number of anilines is 1. The van der Waals surface area contributed by atoms with Crippen LogP contribution in [0.2, 0.25) is 5.02 Å². The van der Waals surface area contributed by atoms with Gasteiger partial charge in [0.15, 0.2) is 4.34 Å². The number of amides is 1. The number of carbonyl (C=O) groups excluding carboxylic acids is 1. The Bertz CT molecular complexity index is 865. The lowest BCUT2D eigenvalue weighted by Gasteiger charge is -2.06. The third-order valence-electron chi connectivity index (χ3n) is 2.88. The van der Waals surface area contributed by atoms with Crippen LogP contribution in [0.25, 0.3) is 10.2 Å². The van der Waals surface area contributed by atoms with E-state index in [9.17, 15) is 13.6 Å². The van der Waals surface area contributed by atoms with E-state index in [4.69, 9.17) is 11.6 Å². The molecular weight excluding hydrogens is 362 g/mol. The van der Waals surface area contributed by atoms with Crippen LogP contribution in [0.1, 0.15) is 0 Å². The molecule has 0 atom stereocenters. The molecule has 2 aromatic carbocycles. The summed E-state index contributed by atoms with van der Waals surface area (Å²) < 4.78 is 28.6. The lowest BCUT2D eigenvalue weighted by Crippen LogP contribution is -2.16. The van der Waals surface area contributed by atoms with Gasteiger partial charge in [-0.25, -0.2) is 13.8 Å². The van der Waals surface area contributed by atoms with Gasteiger partial charge in [0.1, 0.15) is 17.3 Å². The predicted octanol–water partition coefficient (Wildman–Crippen LogP) is 4.96. The van der Waals surface area contributed by atoms with Crippen molar-refractivity contribution in [1.29, 1.82) is 0 Å². The van der Waals surface area contributed by atoms with Gasteiger partial charge in [0.05, 0.1) is 16.0 Å². The molecule has 3 nitrogen and oxygen atoms in total. The van der Waals surface area contributed by atoms with Crippen molar-refractivity contribution >= 4 is 56.5 Å². The minimum Gasteiger partial charge on any atom is -0.320 e. The molecule has 3 aromatic rings. The third kappa shape index (κ3) is 3.80. The molecule has 0 aliphatic rings. The van der Waals surface area contributed by atoms with E-state index in [0.29, 0.717) is 9.36 Å². The number of para-hydroxylation sites is 1. The van der Waals surface area contributed by atoms with E-state index in [1.165, 1.54) is 29.2 Å². The number of hydrogen-bond acceptors (Lipinski definition) is 4. The second-order valence-corrected chi connectivity index (χ2v) is 7.21. The summed E-state index contributed by atoms with van der Waals surface area (Å²) in [6, 6.07) is 8.78. The molecule has 1 heterocycles. The molecule has 23 heavy (non-hydrogen) atoms. The van der Waals surface area contributed by atoms with E-state index < -0.39 is 23.2 Å². The van der Waals surface area contributed by atoms with Gasteiger partial charge < -0.3 is 5.32 Å². The first-order chi connectivity index (χ1) is 11.0. The Hall–Kier alpha value is -1.70. The number of thiazole rings is 1. The molecule has 1 amide bonds. The van der Waals surface area contributed by atoms with Crippen molar-refractivity contribution in [2.75, 3.05) is 11.1 Å². The SMILES string of the molecule is O=C(CSc1nc2cc(Cl)ccc2s1)Nc1c(F)cccc1F. The molecule has 3 rings (SSSR count). The zero-order valence-corrected chi connectivity index (χ0v) is 13.9. The summed E-state index contributed by atoms with van der Waals surface area (Å²) in [6.45, 7) is 0. The molecule has 0 saturated carbocycles. The number of nitrogens with zero attached hydrogens (tertiary/aromatic N) is 1. The number of thioether (sulfide) groups is 1. The molecule has 0 aliphatic heterocycles. The molecule has 0 unspecified atom stereocenters. The summed E-state index contributed by atoms with van der Waals surface area (Å²) >= 11 is 8.52. The molecule has 8 heteroatoms. The smallest absolute Gasteiger partial charge is 0.234 e. The molecule has 0 spiro atoms. The minimum atomic E-state index is -0.807. The second kappa shape index (κ2) is 6.82. The van der Waals surface area contributed by atoms with Crippen LogP contribution < -0.4 is 5.32 Å². The van der Waals surface area contributed by atoms with Gasteiger partial charge in [-0.3, -0.25) is 4.79 Å². The van der Waals surface area contributed by atoms with Crippen molar-refractivity contribution in [2.45, 2.75) is 4.34 Å². The fraction of sp³-hybridized carbons (Fsp3) is 0.0667. The van der Waals surface area contributed by atoms with Gasteiger partial charge in [-0.15, -0.1) is 11.3 Å². The van der Waals surface area contributed by atoms with Crippen LogP contribution in [0.4, 0.5) is 14.5 Å². The summed E-state index contributed by atoms with van der Waals surface area (Å²) in [5, 5.41) is 2.83. The van der Waals surface area contributed by atoms with E-state index in [2.05, 4.69) is 10.3 Å². The average Bonchev–Trinajstić information content (AvgIpc) is 2.91. The van der Waals surface area contributed by atoms with Crippen LogP contribution in [0.15, 0.2) is 40.7 Å². The highest BCUT2D eigenvalue weighted by Crippen LogP contribution is 2.31. The Morgan fingerprint density at radius 1 is 1.26 bits per heavy atom. The van der Waals surface area contributed by atoms with Crippen LogP contribution in [-0.4, -0.2) is 16.6 Å². The van der Waals surface area contributed by atoms with Crippen molar-refractivity contribution in [3.05, 3.63) is 53.1 Å². The van der Waals surface area contributed by atoms with Gasteiger partial charge in [0.25, 0.3) is 0 Å². The molecule has 0 radical (unpaired) electrons. The summed E-state index contributed by atoms with van der Waals surface area (Å²) in [5.41, 5.74) is 0.319. The van der Waals surface area contributed by atoms with Gasteiger partial charge in [-0.1, -0.05) is 29.4 Å². The average molecular weight is 371 g/mol. The van der Waals surface area contributed by atoms with Crippen LogP contribution in [-0.2, 0) is 4.79 Å². The Labute approximate surface area is 143 Å². The maximum Gasteiger partial charge on any atom is 0.234 e. The van der Waals surface area contributed by atoms with Crippen LogP contribution >= 0.6 is 34.7 Å². The van der Waals surface area contributed by atoms with Crippen molar-refractivity contribution in [3.63, 3.8) is 0 Å². The summed E-state index contributed by atoms with van der Waals surface area (Å²) in [5.74, 6) is -2.12. The van der Waals surface area contributed by atoms with Crippen LogP contribution in [0.5, 0.6) is 0 Å². The van der Waals surface area contributed by atoms with E-state index in [0.717, 1.165) is 22.3 Å². The lowest BCUT2D eigenvalue weighted by molar-refractivity contribution is -0.113. The Kier molecular flexibility index (Phi) is 4.79. The highest BCUT2D eigenvalue weighted by molar-refractivity contribution is 8.01. The van der Waals surface area contributed by atoms with E-state index >= 15 is 0 Å². The van der Waals surface area contributed by atoms with Crippen LogP contribution in [0.3, 0.4) is 0 Å². The van der Waals surface area contributed by atoms with Gasteiger partial charge in [-0.05, 0) is 30.3 Å². The van der Waals surface area contributed by atoms with Crippen molar-refractivity contribution < 1.29 is 13.6 Å². The second-order valence-electron chi connectivity index (χ2n) is 4.53. The topological polar surface area (TPSA) is 42.0 Å². The highest BCUT2D eigenvalue weighted by atomic mass is 35.5. The summed E-state index contributed by atoms with van der Waals surface area (Å²) in [6.07, 6.45) is 0. The first kappa shape index (κ1) is 16.2. The Morgan fingerprint density at radius 2 is 2.00 bits per heavy atom. The van der Waals surface area contributed by atoms with Crippen molar-refractivity contribution in [2.24, 2.45) is 0 Å². The number of rotatable bonds is 4. The first-order valence-corrected chi connectivity index (χ1v) is 8.63. The van der Waals surface area contributed by atoms with Gasteiger partial charge >= 0.3 is 0 Å². The van der Waals surface area contributed by atoms with E-state index in [1.54, 1.807) is 12.1 Å². The summed E-state index contributed by atoms with van der Waals surface area (Å²) in [4.78, 5) is 16.2. The van der Waals surface area contributed by atoms with E-state index in [-0.39, 0.29) is 5.75 Å². The molecule has 0 saturated heterocycles. The van der Waals surface area contributed by atoms with Crippen molar-refractivity contribution in [1.82, 2.24) is 4.98 Å². The Balaban J connectivity index is 1.66. The minimum absolute atomic E-state index is 0.00132. The number of hydrogen-bond donors (Lipinski definition) is 1. The third-order valence-corrected chi connectivity index (χ3v) is 5.30. The maximum atomic E-state index is 13.5. The molecule has 0 aliphatic carbocycles. The molecular formula is C15H9ClF2N2OS2. The number of carbonyl (C=O) groups is 1. The summed E-state index contributed by atoms with van der Waals surface area (Å²) in [7, 11) is 0. The monoisotopic (exact) mass is 370 g/mol. The zero-order chi connectivity index (χ0) is 16.4. The number of fused-ring (bicyclic) bond motifs is 1. The quantitative estimate of drug-likeness (QED) is 0.660. The van der Waals surface area contributed by atoms with Crippen molar-refractivity contribution in [3.8, 4) is 0 Å². The van der Waals surface area contributed by atoms with Crippen LogP contribution in [0, 0.1) is 11.6 Å². The molecule has 118 valence electrons. The fourth-order valence-corrected chi connectivity index (χ4v) is 3.88. The zero-order valence-electron chi connectivity index (χ0n) is 11.5. The first-order valence-electron chi connectivity index (χ1n) is 6.45. The standard InChI is InChI=1S/C15H9ClF2N2OS2/c16-8-4-5-12-11(6-8)19-15(23-12)22-7-13(21)20-14-9(17)2-1-3-10(14)18/h1-6H,7H2,(H,20,21). The van der Waals surface area contributed by atoms with Gasteiger partial charge in [0, 0.05) is 5.02 Å². The molecule has 0 bridgehead atoms.